The molecule has 0 aliphatic heterocycles. The van der Waals surface area contributed by atoms with Crippen molar-refractivity contribution in [3.8, 4) is 0 Å². The molecule has 118 valence electrons. The Morgan fingerprint density at radius 1 is 1.32 bits per heavy atom. The Morgan fingerprint density at radius 2 is 2.14 bits per heavy atom. The largest absolute Gasteiger partial charge is 0.372 e. The molecule has 0 aliphatic carbocycles. The predicted molar refractivity (Wildman–Crippen MR) is 90.5 cm³/mol. The van der Waals surface area contributed by atoms with Gasteiger partial charge in [0.05, 0.1) is 0 Å². The molecule has 0 bridgehead atoms. The van der Waals surface area contributed by atoms with Gasteiger partial charge in [-0.1, -0.05) is 53.4 Å². The van der Waals surface area contributed by atoms with Gasteiger partial charge in [-0.2, -0.15) is 0 Å². The molecule has 0 radical (unpaired) electrons. The summed E-state index contributed by atoms with van der Waals surface area (Å²) in [6.45, 7) is 2.42. The number of aromatic nitrogens is 2. The number of hydrogen-bond donors (Lipinski definition) is 1. The summed E-state index contributed by atoms with van der Waals surface area (Å²) in [7, 11) is 0. The monoisotopic (exact) mass is 337 g/mol. The Labute approximate surface area is 138 Å². The van der Waals surface area contributed by atoms with Gasteiger partial charge < -0.3 is 4.74 Å². The lowest BCUT2D eigenvalue weighted by molar-refractivity contribution is -0.120. The number of amides is 1. The van der Waals surface area contributed by atoms with Crippen molar-refractivity contribution >= 4 is 34.1 Å². The van der Waals surface area contributed by atoms with Gasteiger partial charge in [0.25, 0.3) is 5.91 Å². The molecule has 1 N–H and O–H groups in total. The van der Waals surface area contributed by atoms with Crippen LogP contribution in [-0.2, 0) is 16.0 Å². The van der Waals surface area contributed by atoms with Crippen LogP contribution < -0.4 is 5.32 Å². The summed E-state index contributed by atoms with van der Waals surface area (Å²) in [6.07, 6.45) is 2.14. The Morgan fingerprint density at radius 3 is 2.91 bits per heavy atom. The van der Waals surface area contributed by atoms with Gasteiger partial charge in [-0.05, 0) is 25.3 Å². The van der Waals surface area contributed by atoms with Gasteiger partial charge in [0.1, 0.15) is 6.61 Å². The van der Waals surface area contributed by atoms with E-state index in [1.54, 1.807) is 11.8 Å². The number of thioether (sulfide) groups is 1. The van der Waals surface area contributed by atoms with E-state index >= 15 is 0 Å². The van der Waals surface area contributed by atoms with Crippen molar-refractivity contribution in [3.05, 3.63) is 35.9 Å². The molecule has 2 rings (SSSR count). The second-order valence-electron chi connectivity index (χ2n) is 4.50. The summed E-state index contributed by atoms with van der Waals surface area (Å²) in [6, 6.07) is 10.4. The van der Waals surface area contributed by atoms with E-state index < -0.39 is 0 Å². The van der Waals surface area contributed by atoms with E-state index in [1.807, 2.05) is 13.0 Å². The zero-order valence-corrected chi connectivity index (χ0v) is 14.1. The molecule has 0 atom stereocenters. The lowest BCUT2D eigenvalue weighted by atomic mass is 10.1. The van der Waals surface area contributed by atoms with E-state index in [9.17, 15) is 4.79 Å². The minimum Gasteiger partial charge on any atom is -0.372 e. The summed E-state index contributed by atoms with van der Waals surface area (Å²) in [5.74, 6) is 0.787. The number of carbonyl (C=O) groups is 1. The van der Waals surface area contributed by atoms with Gasteiger partial charge in [0.2, 0.25) is 5.13 Å². The van der Waals surface area contributed by atoms with Crippen molar-refractivity contribution in [2.24, 2.45) is 0 Å². The lowest BCUT2D eigenvalue weighted by Crippen LogP contribution is -2.17. The van der Waals surface area contributed by atoms with Crippen LogP contribution in [0.1, 0.15) is 18.9 Å². The van der Waals surface area contributed by atoms with Crippen LogP contribution in [0.25, 0.3) is 0 Å². The van der Waals surface area contributed by atoms with Crippen LogP contribution in [0.5, 0.6) is 0 Å². The number of benzene rings is 1. The van der Waals surface area contributed by atoms with Crippen molar-refractivity contribution in [2.75, 3.05) is 24.3 Å². The van der Waals surface area contributed by atoms with Crippen LogP contribution in [0.15, 0.2) is 34.7 Å². The van der Waals surface area contributed by atoms with Crippen LogP contribution in [-0.4, -0.2) is 35.1 Å². The fraction of sp³-hybridized carbons (Fsp3) is 0.400. The Hall–Kier alpha value is -1.44. The van der Waals surface area contributed by atoms with E-state index in [0.29, 0.717) is 11.7 Å². The third kappa shape index (κ3) is 6.13. The number of aryl methyl sites for hydroxylation is 1. The molecule has 2 aromatic rings. The summed E-state index contributed by atoms with van der Waals surface area (Å²) in [5.41, 5.74) is 1.35. The Bertz CT molecular complexity index is 575. The molecular formula is C15H19N3O2S2. The van der Waals surface area contributed by atoms with Gasteiger partial charge in [-0.25, -0.2) is 0 Å². The van der Waals surface area contributed by atoms with Gasteiger partial charge in [-0.3, -0.25) is 10.1 Å². The first-order valence-electron chi connectivity index (χ1n) is 7.15. The summed E-state index contributed by atoms with van der Waals surface area (Å²) in [5, 5.41) is 11.2. The van der Waals surface area contributed by atoms with Gasteiger partial charge in [-0.15, -0.1) is 10.2 Å². The zero-order valence-electron chi connectivity index (χ0n) is 12.4. The predicted octanol–water partition coefficient (Wildman–Crippen LogP) is 3.24. The molecule has 1 heterocycles. The lowest BCUT2D eigenvalue weighted by Gasteiger charge is -2.00. The molecule has 1 amide bonds. The first-order chi connectivity index (χ1) is 10.8. The maximum absolute atomic E-state index is 11.5. The third-order valence-corrected chi connectivity index (χ3v) is 4.83. The second-order valence-corrected chi connectivity index (χ2v) is 6.82. The number of anilines is 1. The minimum absolute atomic E-state index is 0.0512. The molecule has 1 aromatic heterocycles. The Balaban J connectivity index is 1.67. The van der Waals surface area contributed by atoms with Crippen LogP contribution in [0.3, 0.4) is 0 Å². The molecule has 0 spiro atoms. The van der Waals surface area contributed by atoms with Crippen molar-refractivity contribution in [2.45, 2.75) is 24.1 Å². The van der Waals surface area contributed by atoms with Crippen molar-refractivity contribution in [3.63, 3.8) is 0 Å². The second kappa shape index (κ2) is 9.55. The summed E-state index contributed by atoms with van der Waals surface area (Å²) >= 11 is 3.06. The number of nitrogens with zero attached hydrogens (tertiary/aromatic N) is 2. The number of carbonyl (C=O) groups excluding carboxylic acids is 1. The first-order valence-corrected chi connectivity index (χ1v) is 8.96. The standard InChI is InChI=1S/C15H19N3O2S2/c1-2-20-11-13(19)16-14-17-18-15(22-14)21-10-6-9-12-7-4-3-5-8-12/h3-5,7-8H,2,6,9-11H2,1H3,(H,16,17,19). The summed E-state index contributed by atoms with van der Waals surface area (Å²) in [4.78, 5) is 11.5. The third-order valence-electron chi connectivity index (χ3n) is 2.77. The molecule has 7 heteroatoms. The van der Waals surface area contributed by atoms with Gasteiger partial charge in [0, 0.05) is 12.4 Å². The summed E-state index contributed by atoms with van der Waals surface area (Å²) < 4.78 is 5.91. The smallest absolute Gasteiger partial charge is 0.252 e. The van der Waals surface area contributed by atoms with E-state index in [1.165, 1.54) is 16.9 Å². The minimum atomic E-state index is -0.196. The molecule has 22 heavy (non-hydrogen) atoms. The molecule has 5 nitrogen and oxygen atoms in total. The first kappa shape index (κ1) is 16.9. The topological polar surface area (TPSA) is 64.1 Å². The molecular weight excluding hydrogens is 318 g/mol. The van der Waals surface area contributed by atoms with Gasteiger partial charge >= 0.3 is 0 Å². The van der Waals surface area contributed by atoms with Crippen molar-refractivity contribution < 1.29 is 9.53 Å². The fourth-order valence-electron chi connectivity index (χ4n) is 1.75. The van der Waals surface area contributed by atoms with E-state index in [4.69, 9.17) is 4.74 Å². The number of nitrogens with one attached hydrogen (secondary N) is 1. The van der Waals surface area contributed by atoms with E-state index in [0.717, 1.165) is 22.9 Å². The maximum atomic E-state index is 11.5. The molecule has 0 aliphatic rings. The highest BCUT2D eigenvalue weighted by Crippen LogP contribution is 2.26. The molecule has 0 saturated heterocycles. The normalized spacial score (nSPS) is 10.6. The van der Waals surface area contributed by atoms with Crippen LogP contribution >= 0.6 is 23.1 Å². The molecule has 0 fully saturated rings. The highest BCUT2D eigenvalue weighted by atomic mass is 32.2. The SMILES string of the molecule is CCOCC(=O)Nc1nnc(SCCCc2ccccc2)s1. The van der Waals surface area contributed by atoms with Crippen molar-refractivity contribution in [1.29, 1.82) is 0 Å². The van der Waals surface area contributed by atoms with E-state index in [-0.39, 0.29) is 12.5 Å². The zero-order chi connectivity index (χ0) is 15.6. The molecule has 0 saturated carbocycles. The average molecular weight is 337 g/mol. The highest BCUT2D eigenvalue weighted by Gasteiger charge is 2.08. The Kier molecular flexibility index (Phi) is 7.35. The highest BCUT2D eigenvalue weighted by molar-refractivity contribution is 8.01. The quantitative estimate of drug-likeness (QED) is 0.432. The van der Waals surface area contributed by atoms with Crippen LogP contribution in [0, 0.1) is 0 Å². The number of hydrogen-bond acceptors (Lipinski definition) is 6. The van der Waals surface area contributed by atoms with Crippen LogP contribution in [0.4, 0.5) is 5.13 Å². The van der Waals surface area contributed by atoms with Crippen molar-refractivity contribution in [1.82, 2.24) is 10.2 Å². The number of rotatable bonds is 9. The fourth-order valence-corrected chi connectivity index (χ4v) is 3.53. The van der Waals surface area contributed by atoms with Crippen LogP contribution in [0.2, 0.25) is 0 Å². The van der Waals surface area contributed by atoms with E-state index in [2.05, 4.69) is 39.8 Å². The molecule has 0 unspecified atom stereocenters. The molecule has 1 aromatic carbocycles. The van der Waals surface area contributed by atoms with Gasteiger partial charge in [0.15, 0.2) is 4.34 Å². The number of ether oxygens (including phenoxy) is 1. The maximum Gasteiger partial charge on any atom is 0.252 e. The average Bonchev–Trinajstić information content (AvgIpc) is 2.98.